The van der Waals surface area contributed by atoms with Gasteiger partial charge < -0.3 is 0 Å². The monoisotopic (exact) mass is 215 g/mol. The van der Waals surface area contributed by atoms with E-state index in [1.165, 1.54) is 12.0 Å². The minimum atomic E-state index is 0.465. The lowest BCUT2D eigenvalue weighted by molar-refractivity contribution is 0.00843. The molecule has 2 heteroatoms. The summed E-state index contributed by atoms with van der Waals surface area (Å²) in [4.78, 5) is 0. The van der Waals surface area contributed by atoms with Crippen molar-refractivity contribution in [2.45, 2.75) is 19.3 Å². The summed E-state index contributed by atoms with van der Waals surface area (Å²) in [6.07, 6.45) is 10.9. The van der Waals surface area contributed by atoms with Gasteiger partial charge in [-0.3, -0.25) is 5.21 Å². The van der Waals surface area contributed by atoms with Gasteiger partial charge in [-0.25, -0.2) is 5.06 Å². The molecule has 0 radical (unpaired) electrons. The first-order chi connectivity index (χ1) is 7.84. The highest BCUT2D eigenvalue weighted by molar-refractivity contribution is 5.14. The average molecular weight is 215 g/mol. The molecule has 0 atom stereocenters. The Morgan fingerprint density at radius 1 is 1.06 bits per heavy atom. The van der Waals surface area contributed by atoms with E-state index in [0.717, 1.165) is 17.9 Å². The van der Waals surface area contributed by atoms with Crippen molar-refractivity contribution >= 4 is 0 Å². The molecule has 2 nitrogen and oxygen atoms in total. The Kier molecular flexibility index (Phi) is 3.78. The van der Waals surface area contributed by atoms with Crippen molar-refractivity contribution in [3.63, 3.8) is 0 Å². The minimum Gasteiger partial charge on any atom is -0.285 e. The molecule has 0 amide bonds. The molecule has 1 aliphatic heterocycles. The standard InChI is InChI=1S/C14H17NO/c16-15-11-9-14(10-12-15)8-4-7-13-5-2-1-3-6-13/h1-3,5-6,9-12,14,16H,4,7-8H2. The predicted molar refractivity (Wildman–Crippen MR) is 64.8 cm³/mol. The van der Waals surface area contributed by atoms with E-state index in [1.54, 1.807) is 12.4 Å². The number of benzene rings is 1. The highest BCUT2D eigenvalue weighted by Gasteiger charge is 2.05. The second-order valence-electron chi connectivity index (χ2n) is 4.10. The lowest BCUT2D eigenvalue weighted by Gasteiger charge is -2.15. The molecule has 2 rings (SSSR count). The van der Waals surface area contributed by atoms with Gasteiger partial charge in [0.1, 0.15) is 0 Å². The van der Waals surface area contributed by atoms with Gasteiger partial charge in [-0.05, 0) is 30.7 Å². The van der Waals surface area contributed by atoms with Gasteiger partial charge in [-0.1, -0.05) is 42.5 Å². The Morgan fingerprint density at radius 2 is 1.75 bits per heavy atom. The second-order valence-corrected chi connectivity index (χ2v) is 4.10. The zero-order valence-corrected chi connectivity index (χ0v) is 9.29. The molecule has 1 heterocycles. The number of hydroxylamine groups is 2. The maximum Gasteiger partial charge on any atom is 0.0290 e. The molecule has 1 aromatic rings. The van der Waals surface area contributed by atoms with E-state index in [4.69, 9.17) is 5.21 Å². The molecule has 1 aromatic carbocycles. The summed E-state index contributed by atoms with van der Waals surface area (Å²) in [6, 6.07) is 10.6. The van der Waals surface area contributed by atoms with Crippen LogP contribution in [0, 0.1) is 5.92 Å². The highest BCUT2D eigenvalue weighted by Crippen LogP contribution is 2.16. The van der Waals surface area contributed by atoms with Crippen molar-refractivity contribution in [3.05, 3.63) is 60.4 Å². The lowest BCUT2D eigenvalue weighted by atomic mass is 9.98. The molecular formula is C14H17NO. The molecule has 0 aliphatic carbocycles. The van der Waals surface area contributed by atoms with Crippen molar-refractivity contribution in [2.75, 3.05) is 0 Å². The molecule has 0 spiro atoms. The topological polar surface area (TPSA) is 23.5 Å². The summed E-state index contributed by atoms with van der Waals surface area (Å²) in [6.45, 7) is 0. The molecule has 1 N–H and O–H groups in total. The highest BCUT2D eigenvalue weighted by atomic mass is 16.5. The van der Waals surface area contributed by atoms with E-state index < -0.39 is 0 Å². The van der Waals surface area contributed by atoms with Gasteiger partial charge in [0.2, 0.25) is 0 Å². The van der Waals surface area contributed by atoms with Crippen molar-refractivity contribution < 1.29 is 5.21 Å². The molecule has 0 aromatic heterocycles. The van der Waals surface area contributed by atoms with Crippen molar-refractivity contribution in [1.29, 1.82) is 0 Å². The van der Waals surface area contributed by atoms with Gasteiger partial charge in [0.15, 0.2) is 0 Å². The third kappa shape index (κ3) is 3.24. The molecular weight excluding hydrogens is 198 g/mol. The summed E-state index contributed by atoms with van der Waals surface area (Å²) in [5.74, 6) is 0.465. The van der Waals surface area contributed by atoms with Crippen LogP contribution in [-0.2, 0) is 6.42 Å². The first-order valence-electron chi connectivity index (χ1n) is 5.72. The van der Waals surface area contributed by atoms with Gasteiger partial charge >= 0.3 is 0 Å². The Balaban J connectivity index is 1.73. The van der Waals surface area contributed by atoms with E-state index in [0.29, 0.717) is 5.92 Å². The molecule has 0 fully saturated rings. The summed E-state index contributed by atoms with van der Waals surface area (Å²) in [5, 5.41) is 10.2. The number of hydrogen-bond donors (Lipinski definition) is 1. The van der Waals surface area contributed by atoms with Gasteiger partial charge in [-0.2, -0.15) is 0 Å². The third-order valence-electron chi connectivity index (χ3n) is 2.82. The molecule has 0 saturated heterocycles. The molecule has 1 aliphatic rings. The number of hydrogen-bond acceptors (Lipinski definition) is 2. The fourth-order valence-corrected chi connectivity index (χ4v) is 1.89. The Hall–Kier alpha value is -1.54. The van der Waals surface area contributed by atoms with Crippen LogP contribution in [0.15, 0.2) is 54.9 Å². The van der Waals surface area contributed by atoms with Crippen LogP contribution in [0.25, 0.3) is 0 Å². The van der Waals surface area contributed by atoms with Gasteiger partial charge in [-0.15, -0.1) is 0 Å². The molecule has 0 unspecified atom stereocenters. The number of aryl methyl sites for hydroxylation is 1. The van der Waals surface area contributed by atoms with E-state index in [1.807, 2.05) is 18.2 Å². The first kappa shape index (κ1) is 11.0. The van der Waals surface area contributed by atoms with Crippen LogP contribution >= 0.6 is 0 Å². The average Bonchev–Trinajstić information content (AvgIpc) is 2.33. The zero-order chi connectivity index (χ0) is 11.2. The smallest absolute Gasteiger partial charge is 0.0290 e. The number of nitrogens with zero attached hydrogens (tertiary/aromatic N) is 1. The van der Waals surface area contributed by atoms with E-state index in [2.05, 4.69) is 24.3 Å². The van der Waals surface area contributed by atoms with Crippen LogP contribution in [0.2, 0.25) is 0 Å². The minimum absolute atomic E-state index is 0.465. The van der Waals surface area contributed by atoms with Crippen molar-refractivity contribution in [2.24, 2.45) is 5.92 Å². The SMILES string of the molecule is ON1C=CC(CCCc2ccccc2)C=C1. The maximum atomic E-state index is 9.09. The van der Waals surface area contributed by atoms with E-state index in [9.17, 15) is 0 Å². The van der Waals surface area contributed by atoms with Crippen LogP contribution in [0.3, 0.4) is 0 Å². The maximum absolute atomic E-state index is 9.09. The Labute approximate surface area is 96.5 Å². The predicted octanol–water partition coefficient (Wildman–Crippen LogP) is 3.36. The Morgan fingerprint density at radius 3 is 2.44 bits per heavy atom. The van der Waals surface area contributed by atoms with E-state index >= 15 is 0 Å². The number of rotatable bonds is 4. The van der Waals surface area contributed by atoms with Crippen LogP contribution in [0.4, 0.5) is 0 Å². The fourth-order valence-electron chi connectivity index (χ4n) is 1.89. The first-order valence-corrected chi connectivity index (χ1v) is 5.72. The molecule has 84 valence electrons. The zero-order valence-electron chi connectivity index (χ0n) is 9.29. The third-order valence-corrected chi connectivity index (χ3v) is 2.82. The normalized spacial score (nSPS) is 15.7. The summed E-state index contributed by atoms with van der Waals surface area (Å²) in [5.41, 5.74) is 1.40. The van der Waals surface area contributed by atoms with E-state index in [-0.39, 0.29) is 0 Å². The summed E-state index contributed by atoms with van der Waals surface area (Å²) < 4.78 is 0. The van der Waals surface area contributed by atoms with Crippen molar-refractivity contribution in [3.8, 4) is 0 Å². The van der Waals surface area contributed by atoms with Crippen LogP contribution < -0.4 is 0 Å². The largest absolute Gasteiger partial charge is 0.285 e. The van der Waals surface area contributed by atoms with Gasteiger partial charge in [0.25, 0.3) is 0 Å². The molecule has 16 heavy (non-hydrogen) atoms. The van der Waals surface area contributed by atoms with Crippen LogP contribution in [-0.4, -0.2) is 10.3 Å². The number of allylic oxidation sites excluding steroid dienone is 2. The van der Waals surface area contributed by atoms with Crippen molar-refractivity contribution in [1.82, 2.24) is 5.06 Å². The van der Waals surface area contributed by atoms with Gasteiger partial charge in [0, 0.05) is 12.4 Å². The van der Waals surface area contributed by atoms with Gasteiger partial charge in [0.05, 0.1) is 0 Å². The summed E-state index contributed by atoms with van der Waals surface area (Å²) in [7, 11) is 0. The fraction of sp³-hybridized carbons (Fsp3) is 0.286. The second kappa shape index (κ2) is 5.52. The van der Waals surface area contributed by atoms with Crippen LogP contribution in [0.1, 0.15) is 18.4 Å². The Bertz CT molecular complexity index is 356. The molecule has 0 bridgehead atoms. The quantitative estimate of drug-likeness (QED) is 0.832. The molecule has 0 saturated carbocycles. The summed E-state index contributed by atoms with van der Waals surface area (Å²) >= 11 is 0. The van der Waals surface area contributed by atoms with Crippen LogP contribution in [0.5, 0.6) is 0 Å². The lowest BCUT2D eigenvalue weighted by Crippen LogP contribution is -2.08.